The Kier molecular flexibility index (Phi) is 6.86. The van der Waals surface area contributed by atoms with E-state index in [-0.39, 0.29) is 30.2 Å². The summed E-state index contributed by atoms with van der Waals surface area (Å²) in [7, 11) is 0. The van der Waals surface area contributed by atoms with E-state index in [4.69, 9.17) is 4.52 Å². The van der Waals surface area contributed by atoms with Gasteiger partial charge in [0.2, 0.25) is 11.8 Å². The van der Waals surface area contributed by atoms with E-state index in [9.17, 15) is 9.59 Å². The largest absolute Gasteiger partial charge is 0.352 e. The molecule has 0 bridgehead atoms. The van der Waals surface area contributed by atoms with Gasteiger partial charge >= 0.3 is 0 Å². The molecular formula is C26H27FN8O3. The average molecular weight is 519 g/mol. The number of carbonyl (C=O) groups is 2. The standard InChI is InChI=1S/C26H27FN8O3/c1-4-20(36)30-17-8-10-35(13-17)24-21-18(7-9-28-22(21)32-33-24)15-5-6-16(19(27)11-15)12-29-25(37)23-31-26(14(2)3)38-34-23/h4-7,9,11,14,17H,1,8,10,12-13H2,2-3H3,(H,29,37)(H,30,36)(H,28,32,33)/t17-/m1/s1. The lowest BCUT2D eigenvalue weighted by Gasteiger charge is -2.17. The molecule has 4 aromatic rings. The van der Waals surface area contributed by atoms with Gasteiger partial charge in [0.25, 0.3) is 11.7 Å². The molecule has 0 spiro atoms. The predicted octanol–water partition coefficient (Wildman–Crippen LogP) is 3.08. The van der Waals surface area contributed by atoms with Gasteiger partial charge in [0.1, 0.15) is 5.82 Å². The molecule has 3 N–H and O–H groups in total. The van der Waals surface area contributed by atoms with E-state index in [0.717, 1.165) is 17.4 Å². The molecule has 1 fully saturated rings. The first-order valence-corrected chi connectivity index (χ1v) is 12.3. The molecule has 1 aliphatic heterocycles. The smallest absolute Gasteiger partial charge is 0.292 e. The number of nitrogens with zero attached hydrogens (tertiary/aromatic N) is 5. The molecule has 1 saturated heterocycles. The maximum Gasteiger partial charge on any atom is 0.292 e. The summed E-state index contributed by atoms with van der Waals surface area (Å²) in [4.78, 5) is 34.6. The second-order valence-electron chi connectivity index (χ2n) is 9.37. The lowest BCUT2D eigenvalue weighted by Crippen LogP contribution is -2.36. The van der Waals surface area contributed by atoms with Crippen molar-refractivity contribution in [1.82, 2.24) is 36.0 Å². The molecule has 0 radical (unpaired) electrons. The van der Waals surface area contributed by atoms with Crippen LogP contribution in [0, 0.1) is 5.82 Å². The average Bonchev–Trinajstić information content (AvgIpc) is 3.67. The zero-order valence-corrected chi connectivity index (χ0v) is 21.0. The van der Waals surface area contributed by atoms with Gasteiger partial charge in [0, 0.05) is 43.4 Å². The second kappa shape index (κ2) is 10.4. The number of halogens is 1. The number of aromatic nitrogens is 5. The summed E-state index contributed by atoms with van der Waals surface area (Å²) in [5.41, 5.74) is 2.30. The third-order valence-electron chi connectivity index (χ3n) is 6.40. The van der Waals surface area contributed by atoms with Gasteiger partial charge < -0.3 is 20.1 Å². The number of aromatic amines is 1. The number of rotatable bonds is 8. The molecule has 38 heavy (non-hydrogen) atoms. The van der Waals surface area contributed by atoms with E-state index in [1.165, 1.54) is 12.1 Å². The van der Waals surface area contributed by atoms with Crippen molar-refractivity contribution < 1.29 is 18.5 Å². The summed E-state index contributed by atoms with van der Waals surface area (Å²) < 4.78 is 20.2. The van der Waals surface area contributed by atoms with Gasteiger partial charge in [-0.1, -0.05) is 37.7 Å². The minimum absolute atomic E-state index is 0.00513. The van der Waals surface area contributed by atoms with Crippen LogP contribution in [0.3, 0.4) is 0 Å². The fraction of sp³-hybridized carbons (Fsp3) is 0.308. The molecule has 1 atom stereocenters. The Bertz CT molecular complexity index is 1510. The fourth-order valence-corrected chi connectivity index (χ4v) is 4.41. The Balaban J connectivity index is 1.35. The molecule has 0 unspecified atom stereocenters. The molecule has 0 aliphatic carbocycles. The van der Waals surface area contributed by atoms with E-state index >= 15 is 4.39 Å². The lowest BCUT2D eigenvalue weighted by atomic mass is 10.0. The summed E-state index contributed by atoms with van der Waals surface area (Å²) in [6, 6.07) is 6.63. The SMILES string of the molecule is C=CC(=O)N[C@@H]1CCN(c2n[nH]c3nccc(-c4ccc(CNC(=O)c5noc(C(C)C)n5)c(F)c4)c23)C1. The van der Waals surface area contributed by atoms with Gasteiger partial charge in [-0.2, -0.15) is 10.1 Å². The summed E-state index contributed by atoms with van der Waals surface area (Å²) in [5, 5.41) is 17.4. The van der Waals surface area contributed by atoms with Crippen LogP contribution in [0.5, 0.6) is 0 Å². The minimum atomic E-state index is -0.545. The summed E-state index contributed by atoms with van der Waals surface area (Å²) in [6.45, 7) is 8.49. The fourth-order valence-electron chi connectivity index (χ4n) is 4.41. The molecule has 12 heteroatoms. The highest BCUT2D eigenvalue weighted by Crippen LogP contribution is 2.35. The number of H-pyrrole nitrogens is 1. The third kappa shape index (κ3) is 4.97. The Hall–Kier alpha value is -4.61. The number of fused-ring (bicyclic) bond motifs is 1. The van der Waals surface area contributed by atoms with Crippen molar-refractivity contribution in [3.8, 4) is 11.1 Å². The summed E-state index contributed by atoms with van der Waals surface area (Å²) in [5.74, 6) is -0.274. The summed E-state index contributed by atoms with van der Waals surface area (Å²) in [6.07, 6.45) is 3.66. The van der Waals surface area contributed by atoms with Crippen LogP contribution in [0.15, 0.2) is 47.6 Å². The first-order valence-electron chi connectivity index (χ1n) is 12.3. The molecule has 1 aromatic carbocycles. The first kappa shape index (κ1) is 25.1. The molecule has 196 valence electrons. The number of hydrogen-bond donors (Lipinski definition) is 3. The van der Waals surface area contributed by atoms with E-state index < -0.39 is 11.7 Å². The van der Waals surface area contributed by atoms with Crippen molar-refractivity contribution in [2.45, 2.75) is 38.8 Å². The van der Waals surface area contributed by atoms with Crippen molar-refractivity contribution in [1.29, 1.82) is 0 Å². The van der Waals surface area contributed by atoms with Crippen molar-refractivity contribution in [3.63, 3.8) is 0 Å². The number of nitrogens with one attached hydrogen (secondary N) is 3. The molecule has 11 nitrogen and oxygen atoms in total. The maximum absolute atomic E-state index is 15.1. The number of amides is 2. The third-order valence-corrected chi connectivity index (χ3v) is 6.40. The number of hydrogen-bond acceptors (Lipinski definition) is 8. The van der Waals surface area contributed by atoms with Crippen LogP contribution >= 0.6 is 0 Å². The van der Waals surface area contributed by atoms with Gasteiger partial charge in [-0.25, -0.2) is 9.37 Å². The van der Waals surface area contributed by atoms with Crippen LogP contribution in [0.4, 0.5) is 10.2 Å². The van der Waals surface area contributed by atoms with Gasteiger partial charge in [0.05, 0.1) is 5.39 Å². The van der Waals surface area contributed by atoms with Gasteiger partial charge in [0.15, 0.2) is 11.5 Å². The Morgan fingerprint density at radius 1 is 1.34 bits per heavy atom. The van der Waals surface area contributed by atoms with E-state index in [1.807, 2.05) is 19.9 Å². The van der Waals surface area contributed by atoms with Crippen molar-refractivity contribution in [2.75, 3.05) is 18.0 Å². The van der Waals surface area contributed by atoms with Crippen molar-refractivity contribution in [2.24, 2.45) is 0 Å². The maximum atomic E-state index is 15.1. The molecule has 1 aliphatic rings. The van der Waals surface area contributed by atoms with Crippen molar-refractivity contribution >= 4 is 28.7 Å². The minimum Gasteiger partial charge on any atom is -0.352 e. The molecule has 0 saturated carbocycles. The van der Waals surface area contributed by atoms with Crippen LogP contribution in [-0.2, 0) is 11.3 Å². The van der Waals surface area contributed by atoms with E-state index in [1.54, 1.807) is 18.3 Å². The monoisotopic (exact) mass is 518 g/mol. The Labute approximate surface area is 217 Å². The van der Waals surface area contributed by atoms with Crippen molar-refractivity contribution in [3.05, 3.63) is 66.2 Å². The predicted molar refractivity (Wildman–Crippen MR) is 138 cm³/mol. The quantitative estimate of drug-likeness (QED) is 0.302. The lowest BCUT2D eigenvalue weighted by molar-refractivity contribution is -0.117. The van der Waals surface area contributed by atoms with E-state index in [0.29, 0.717) is 41.6 Å². The number of anilines is 1. The molecular weight excluding hydrogens is 491 g/mol. The van der Waals surface area contributed by atoms with Crippen LogP contribution in [-0.4, -0.2) is 56.3 Å². The van der Waals surface area contributed by atoms with Gasteiger partial charge in [-0.3, -0.25) is 14.7 Å². The van der Waals surface area contributed by atoms with Crippen LogP contribution in [0.2, 0.25) is 0 Å². The van der Waals surface area contributed by atoms with Gasteiger partial charge in [-0.15, -0.1) is 0 Å². The second-order valence-corrected chi connectivity index (χ2v) is 9.37. The highest BCUT2D eigenvalue weighted by atomic mass is 19.1. The Morgan fingerprint density at radius 2 is 2.18 bits per heavy atom. The number of carbonyl (C=O) groups excluding carboxylic acids is 2. The van der Waals surface area contributed by atoms with Crippen LogP contribution in [0.25, 0.3) is 22.2 Å². The van der Waals surface area contributed by atoms with Crippen LogP contribution < -0.4 is 15.5 Å². The highest BCUT2D eigenvalue weighted by Gasteiger charge is 2.27. The zero-order valence-electron chi connectivity index (χ0n) is 21.0. The number of benzene rings is 1. The van der Waals surface area contributed by atoms with Crippen LogP contribution in [0.1, 0.15) is 48.3 Å². The molecule has 3 aromatic heterocycles. The normalized spacial score (nSPS) is 15.3. The summed E-state index contributed by atoms with van der Waals surface area (Å²) >= 11 is 0. The molecule has 5 rings (SSSR count). The number of pyridine rings is 1. The van der Waals surface area contributed by atoms with E-state index in [2.05, 4.69) is 47.4 Å². The zero-order chi connectivity index (χ0) is 26.8. The molecule has 4 heterocycles. The van der Waals surface area contributed by atoms with Gasteiger partial charge in [-0.05, 0) is 35.8 Å². The molecule has 2 amide bonds. The highest BCUT2D eigenvalue weighted by molar-refractivity contribution is 6.01. The Morgan fingerprint density at radius 3 is 2.92 bits per heavy atom. The first-order chi connectivity index (χ1) is 18.3. The topological polar surface area (TPSA) is 142 Å².